The van der Waals surface area contributed by atoms with Crippen molar-refractivity contribution < 1.29 is 32.6 Å². The lowest BCUT2D eigenvalue weighted by Gasteiger charge is -2.16. The molecule has 2 atom stereocenters. The van der Waals surface area contributed by atoms with Crippen LogP contribution >= 0.6 is 24.4 Å². The molecule has 106 valence electrons. The number of alkyl halides is 3. The van der Waals surface area contributed by atoms with Crippen molar-refractivity contribution in [2.45, 2.75) is 19.2 Å². The molecular formula is C9H13F3O4S2. The number of carbonyl (C=O) groups excluding carboxylic acids is 1. The summed E-state index contributed by atoms with van der Waals surface area (Å²) in [6.07, 6.45) is -5.96. The van der Waals surface area contributed by atoms with Gasteiger partial charge in [0.15, 0.2) is 0 Å². The number of thioether (sulfide) groups is 1. The number of thiol groups is 1. The monoisotopic (exact) mass is 306 g/mol. The van der Waals surface area contributed by atoms with Crippen LogP contribution in [0.2, 0.25) is 0 Å². The molecule has 0 saturated carbocycles. The summed E-state index contributed by atoms with van der Waals surface area (Å²) < 4.78 is 40.2. The average Bonchev–Trinajstić information content (AvgIpc) is 2.24. The van der Waals surface area contributed by atoms with Crippen molar-refractivity contribution in [3.05, 3.63) is 0 Å². The summed E-state index contributed by atoms with van der Waals surface area (Å²) in [7, 11) is 0. The molecule has 18 heavy (non-hydrogen) atoms. The van der Waals surface area contributed by atoms with Gasteiger partial charge in [0.1, 0.15) is 0 Å². The number of hydrogen-bond donors (Lipinski definition) is 2. The predicted octanol–water partition coefficient (Wildman–Crippen LogP) is 1.84. The van der Waals surface area contributed by atoms with Gasteiger partial charge in [-0.2, -0.15) is 25.8 Å². The fourth-order valence-electron chi connectivity index (χ4n) is 0.768. The van der Waals surface area contributed by atoms with E-state index in [-0.39, 0.29) is 5.75 Å². The first kappa shape index (κ1) is 17.4. The first-order valence-corrected chi connectivity index (χ1v) is 6.64. The highest BCUT2D eigenvalue weighted by atomic mass is 32.2. The molecule has 0 bridgehead atoms. The summed E-state index contributed by atoms with van der Waals surface area (Å²) in [6, 6.07) is 0. The summed E-state index contributed by atoms with van der Waals surface area (Å²) in [4.78, 5) is 22.0. The van der Waals surface area contributed by atoms with E-state index in [2.05, 4.69) is 17.4 Å². The summed E-state index contributed by atoms with van der Waals surface area (Å²) in [5.74, 6) is -4.32. The van der Waals surface area contributed by atoms with Gasteiger partial charge in [0.05, 0.1) is 11.7 Å². The van der Waals surface area contributed by atoms with Gasteiger partial charge < -0.3 is 9.84 Å². The molecule has 0 aliphatic rings. The van der Waals surface area contributed by atoms with Crippen LogP contribution in [-0.4, -0.2) is 46.6 Å². The highest BCUT2D eigenvalue weighted by molar-refractivity contribution is 7.99. The maximum atomic E-state index is 11.9. The molecule has 0 saturated heterocycles. The van der Waals surface area contributed by atoms with E-state index in [1.54, 1.807) is 0 Å². The minimum absolute atomic E-state index is 0.168. The van der Waals surface area contributed by atoms with E-state index in [1.807, 2.05) is 0 Å². The number of esters is 1. The number of rotatable bonds is 7. The number of hydrogen-bond acceptors (Lipinski definition) is 5. The van der Waals surface area contributed by atoms with Crippen LogP contribution in [0, 0.1) is 5.92 Å². The molecule has 1 N–H and O–H groups in total. The SMILES string of the molecule is C[C@H](CS)C(=O)O[C@@H](CSCC(F)(F)F)C(=O)O. The van der Waals surface area contributed by atoms with Crippen molar-refractivity contribution in [1.29, 1.82) is 0 Å². The summed E-state index contributed by atoms with van der Waals surface area (Å²) in [5, 5.41) is 8.72. The molecule has 0 fully saturated rings. The van der Waals surface area contributed by atoms with Gasteiger partial charge in [-0.1, -0.05) is 6.92 Å². The van der Waals surface area contributed by atoms with Crippen LogP contribution in [0.25, 0.3) is 0 Å². The van der Waals surface area contributed by atoms with Crippen LogP contribution in [0.4, 0.5) is 13.2 Å². The van der Waals surface area contributed by atoms with Crippen LogP contribution in [0.3, 0.4) is 0 Å². The summed E-state index contributed by atoms with van der Waals surface area (Å²) >= 11 is 4.19. The van der Waals surface area contributed by atoms with Gasteiger partial charge in [-0.15, -0.1) is 11.8 Å². The standard InChI is InChI=1S/C9H13F3O4S2/c1-5(2-17)8(15)16-6(7(13)14)3-18-4-9(10,11)12/h5-6,17H,2-4H2,1H3,(H,13,14)/t5-,6+/m1/s1. The van der Waals surface area contributed by atoms with E-state index in [4.69, 9.17) is 5.11 Å². The number of carboxylic acids is 1. The maximum Gasteiger partial charge on any atom is 0.397 e. The van der Waals surface area contributed by atoms with E-state index in [1.165, 1.54) is 6.92 Å². The molecule has 0 aliphatic heterocycles. The van der Waals surface area contributed by atoms with Crippen molar-refractivity contribution in [2.24, 2.45) is 5.92 Å². The van der Waals surface area contributed by atoms with Gasteiger partial charge in [-0.25, -0.2) is 4.79 Å². The molecule has 0 spiro atoms. The lowest BCUT2D eigenvalue weighted by atomic mass is 10.2. The van der Waals surface area contributed by atoms with Gasteiger partial charge in [-0.3, -0.25) is 4.79 Å². The Balaban J connectivity index is 4.24. The van der Waals surface area contributed by atoms with Crippen LogP contribution in [-0.2, 0) is 14.3 Å². The van der Waals surface area contributed by atoms with Gasteiger partial charge >= 0.3 is 18.1 Å². The quantitative estimate of drug-likeness (QED) is 0.555. The Morgan fingerprint density at radius 2 is 2.00 bits per heavy atom. The second-order valence-electron chi connectivity index (χ2n) is 3.48. The first-order valence-electron chi connectivity index (χ1n) is 4.86. The Bertz CT molecular complexity index is 296. The number of ether oxygens (including phenoxy) is 1. The Labute approximate surface area is 112 Å². The van der Waals surface area contributed by atoms with Crippen molar-refractivity contribution >= 4 is 36.3 Å². The number of carboxylic acid groups (broad SMARTS) is 1. The Morgan fingerprint density at radius 1 is 1.44 bits per heavy atom. The molecule has 4 nitrogen and oxygen atoms in total. The van der Waals surface area contributed by atoms with Crippen molar-refractivity contribution in [1.82, 2.24) is 0 Å². The number of carbonyl (C=O) groups is 2. The molecule has 0 unspecified atom stereocenters. The van der Waals surface area contributed by atoms with E-state index in [0.29, 0.717) is 11.8 Å². The molecule has 9 heteroatoms. The highest BCUT2D eigenvalue weighted by Crippen LogP contribution is 2.22. The lowest BCUT2D eigenvalue weighted by Crippen LogP contribution is -2.32. The van der Waals surface area contributed by atoms with Gasteiger partial charge in [0, 0.05) is 11.5 Å². The fraction of sp³-hybridized carbons (Fsp3) is 0.778. The molecule has 0 amide bonds. The van der Waals surface area contributed by atoms with Gasteiger partial charge in [0.2, 0.25) is 6.10 Å². The van der Waals surface area contributed by atoms with Crippen molar-refractivity contribution in [3.8, 4) is 0 Å². The third kappa shape index (κ3) is 7.70. The summed E-state index contributed by atoms with van der Waals surface area (Å²) in [5.41, 5.74) is 0. The second-order valence-corrected chi connectivity index (χ2v) is 4.87. The largest absolute Gasteiger partial charge is 0.478 e. The van der Waals surface area contributed by atoms with Crippen molar-refractivity contribution in [3.63, 3.8) is 0 Å². The topological polar surface area (TPSA) is 63.6 Å². The minimum atomic E-state index is -4.38. The normalized spacial score (nSPS) is 14.9. The Kier molecular flexibility index (Phi) is 7.53. The summed E-state index contributed by atoms with van der Waals surface area (Å²) in [6.45, 7) is 1.48. The average molecular weight is 306 g/mol. The van der Waals surface area contributed by atoms with Gasteiger partial charge in [-0.05, 0) is 0 Å². The van der Waals surface area contributed by atoms with Crippen LogP contribution in [0.15, 0.2) is 0 Å². The van der Waals surface area contributed by atoms with Gasteiger partial charge in [0.25, 0.3) is 0 Å². The zero-order chi connectivity index (χ0) is 14.3. The van der Waals surface area contributed by atoms with E-state index >= 15 is 0 Å². The molecule has 0 aromatic carbocycles. The molecule has 0 heterocycles. The smallest absolute Gasteiger partial charge is 0.397 e. The molecule has 0 aromatic rings. The number of aliphatic carboxylic acids is 1. The van der Waals surface area contributed by atoms with E-state index < -0.39 is 41.6 Å². The minimum Gasteiger partial charge on any atom is -0.478 e. The van der Waals surface area contributed by atoms with Crippen LogP contribution in [0.1, 0.15) is 6.92 Å². The lowest BCUT2D eigenvalue weighted by molar-refractivity contribution is -0.164. The zero-order valence-corrected chi connectivity index (χ0v) is 11.1. The molecule has 0 rings (SSSR count). The molecule has 0 aliphatic carbocycles. The maximum absolute atomic E-state index is 11.9. The highest BCUT2D eigenvalue weighted by Gasteiger charge is 2.30. The predicted molar refractivity (Wildman–Crippen MR) is 63.9 cm³/mol. The van der Waals surface area contributed by atoms with Crippen LogP contribution < -0.4 is 0 Å². The second kappa shape index (κ2) is 7.78. The molecule has 0 radical (unpaired) electrons. The Morgan fingerprint density at radius 3 is 2.39 bits per heavy atom. The van der Waals surface area contributed by atoms with E-state index in [0.717, 1.165) is 0 Å². The molecule has 0 aromatic heterocycles. The third-order valence-electron chi connectivity index (χ3n) is 1.75. The first-order chi connectivity index (χ1) is 8.17. The third-order valence-corrected chi connectivity index (χ3v) is 3.36. The Hall–Kier alpha value is -0.570. The number of halogens is 3. The van der Waals surface area contributed by atoms with Crippen molar-refractivity contribution in [2.75, 3.05) is 17.3 Å². The van der Waals surface area contributed by atoms with E-state index in [9.17, 15) is 22.8 Å². The molecular weight excluding hydrogens is 293 g/mol. The zero-order valence-electron chi connectivity index (χ0n) is 9.44. The fourth-order valence-corrected chi connectivity index (χ4v) is 1.69. The van der Waals surface area contributed by atoms with Crippen LogP contribution in [0.5, 0.6) is 0 Å².